The van der Waals surface area contributed by atoms with Crippen molar-refractivity contribution in [3.05, 3.63) is 52.1 Å². The zero-order valence-corrected chi connectivity index (χ0v) is 18.5. The highest BCUT2D eigenvalue weighted by atomic mass is 16.2. The van der Waals surface area contributed by atoms with Crippen molar-refractivity contribution in [1.29, 1.82) is 0 Å². The molecule has 0 aliphatic carbocycles. The van der Waals surface area contributed by atoms with Crippen LogP contribution >= 0.6 is 0 Å². The summed E-state index contributed by atoms with van der Waals surface area (Å²) in [7, 11) is 0. The van der Waals surface area contributed by atoms with Crippen LogP contribution in [0.2, 0.25) is 0 Å². The summed E-state index contributed by atoms with van der Waals surface area (Å²) >= 11 is 0. The summed E-state index contributed by atoms with van der Waals surface area (Å²) in [4.78, 5) is 28.0. The Balaban J connectivity index is 1.50. The van der Waals surface area contributed by atoms with Crippen LogP contribution in [0, 0.1) is 13.8 Å². The molecule has 0 spiro atoms. The molecule has 3 aromatic rings. The second-order valence-corrected chi connectivity index (χ2v) is 8.34. The van der Waals surface area contributed by atoms with Crippen molar-refractivity contribution in [2.75, 3.05) is 19.6 Å². The van der Waals surface area contributed by atoms with Gasteiger partial charge in [-0.1, -0.05) is 24.6 Å². The highest BCUT2D eigenvalue weighted by Gasteiger charge is 2.20. The summed E-state index contributed by atoms with van der Waals surface area (Å²) < 4.78 is 3.01. The minimum Gasteiger partial charge on any atom is -0.353 e. The SMILES string of the molecule is Cc1nn(CC(=O)NCCN2CCCCC2C)c(=O)c2c(C)n(-c3ccccc3)nc12. The molecule has 1 aliphatic heterocycles. The molecule has 1 aliphatic rings. The first-order valence-electron chi connectivity index (χ1n) is 11.0. The van der Waals surface area contributed by atoms with E-state index in [0.29, 0.717) is 29.2 Å². The molecule has 1 unspecified atom stereocenters. The summed E-state index contributed by atoms with van der Waals surface area (Å²) in [5, 5.41) is 12.4. The zero-order valence-electron chi connectivity index (χ0n) is 18.5. The van der Waals surface area contributed by atoms with Gasteiger partial charge in [0.05, 0.1) is 22.5 Å². The molecule has 1 amide bonds. The van der Waals surface area contributed by atoms with E-state index in [2.05, 4.69) is 27.3 Å². The Kier molecular flexibility index (Phi) is 6.18. The number of carbonyl (C=O) groups excluding carboxylic acids is 1. The Bertz CT molecular complexity index is 1130. The lowest BCUT2D eigenvalue weighted by molar-refractivity contribution is -0.122. The summed E-state index contributed by atoms with van der Waals surface area (Å²) in [5.74, 6) is -0.203. The predicted molar refractivity (Wildman–Crippen MR) is 120 cm³/mol. The molecule has 1 atom stereocenters. The van der Waals surface area contributed by atoms with E-state index < -0.39 is 0 Å². The van der Waals surface area contributed by atoms with Crippen molar-refractivity contribution < 1.29 is 4.79 Å². The van der Waals surface area contributed by atoms with Crippen molar-refractivity contribution in [1.82, 2.24) is 29.8 Å². The number of piperidine rings is 1. The van der Waals surface area contributed by atoms with Gasteiger partial charge in [-0.3, -0.25) is 14.5 Å². The predicted octanol–water partition coefficient (Wildman–Crippen LogP) is 2.19. The molecule has 3 heterocycles. The van der Waals surface area contributed by atoms with Gasteiger partial charge in [0.25, 0.3) is 5.56 Å². The normalized spacial score (nSPS) is 17.2. The highest BCUT2D eigenvalue weighted by Crippen LogP contribution is 2.19. The third-order valence-corrected chi connectivity index (χ3v) is 6.13. The number of nitrogens with one attached hydrogen (secondary N) is 1. The number of benzene rings is 1. The lowest BCUT2D eigenvalue weighted by Gasteiger charge is -2.33. The van der Waals surface area contributed by atoms with Gasteiger partial charge in [-0.15, -0.1) is 0 Å². The van der Waals surface area contributed by atoms with E-state index in [1.165, 1.54) is 23.9 Å². The fraction of sp³-hybridized carbons (Fsp3) is 0.478. The van der Waals surface area contributed by atoms with Crippen molar-refractivity contribution in [2.24, 2.45) is 0 Å². The molecule has 164 valence electrons. The van der Waals surface area contributed by atoms with Crippen LogP contribution in [-0.2, 0) is 11.3 Å². The van der Waals surface area contributed by atoms with Crippen LogP contribution < -0.4 is 10.9 Å². The van der Waals surface area contributed by atoms with Gasteiger partial charge in [-0.2, -0.15) is 10.2 Å². The van der Waals surface area contributed by atoms with Crippen molar-refractivity contribution in [2.45, 2.75) is 52.6 Å². The average Bonchev–Trinajstić information content (AvgIpc) is 3.12. The Hall–Kier alpha value is -3.00. The van der Waals surface area contributed by atoms with Crippen LogP contribution in [-0.4, -0.2) is 56.0 Å². The first kappa shape index (κ1) is 21.2. The maximum atomic E-state index is 13.1. The number of aromatic nitrogens is 4. The smallest absolute Gasteiger partial charge is 0.278 e. The Morgan fingerprint density at radius 1 is 1.16 bits per heavy atom. The summed E-state index contributed by atoms with van der Waals surface area (Å²) in [6.45, 7) is 8.31. The fourth-order valence-corrected chi connectivity index (χ4v) is 4.36. The summed E-state index contributed by atoms with van der Waals surface area (Å²) in [5.41, 5.74) is 2.53. The third kappa shape index (κ3) is 4.39. The quantitative estimate of drug-likeness (QED) is 0.658. The molecule has 31 heavy (non-hydrogen) atoms. The monoisotopic (exact) mass is 422 g/mol. The zero-order chi connectivity index (χ0) is 22.0. The number of aryl methyl sites for hydroxylation is 2. The van der Waals surface area contributed by atoms with E-state index >= 15 is 0 Å². The Morgan fingerprint density at radius 2 is 1.94 bits per heavy atom. The number of amides is 1. The largest absolute Gasteiger partial charge is 0.353 e. The Labute approximate surface area is 181 Å². The summed E-state index contributed by atoms with van der Waals surface area (Å²) in [6, 6.07) is 10.2. The van der Waals surface area contributed by atoms with Gasteiger partial charge < -0.3 is 5.32 Å². The standard InChI is InChI=1S/C23H30N6O2/c1-16-9-7-8-13-27(16)14-12-24-20(30)15-28-23(31)21-18(3)29(19-10-5-4-6-11-19)26-22(21)17(2)25-28/h4-6,10-11,16H,7-9,12-15H2,1-3H3,(H,24,30). The van der Waals surface area contributed by atoms with E-state index in [1.807, 2.05) is 44.2 Å². The van der Waals surface area contributed by atoms with Gasteiger partial charge >= 0.3 is 0 Å². The van der Waals surface area contributed by atoms with Crippen LogP contribution in [0.25, 0.3) is 16.6 Å². The van der Waals surface area contributed by atoms with Crippen molar-refractivity contribution in [3.8, 4) is 5.69 Å². The number of fused-ring (bicyclic) bond motifs is 1. The average molecular weight is 423 g/mol. The minimum absolute atomic E-state index is 0.0961. The highest BCUT2D eigenvalue weighted by molar-refractivity contribution is 5.83. The number of rotatable bonds is 6. The molecular formula is C23H30N6O2. The van der Waals surface area contributed by atoms with Crippen LogP contribution in [0.3, 0.4) is 0 Å². The minimum atomic E-state index is -0.292. The van der Waals surface area contributed by atoms with Gasteiger partial charge in [0, 0.05) is 19.1 Å². The lowest BCUT2D eigenvalue weighted by atomic mass is 10.0. The number of nitrogens with zero attached hydrogens (tertiary/aromatic N) is 5. The third-order valence-electron chi connectivity index (χ3n) is 6.13. The second-order valence-electron chi connectivity index (χ2n) is 8.34. The van der Waals surface area contributed by atoms with Crippen molar-refractivity contribution in [3.63, 3.8) is 0 Å². The van der Waals surface area contributed by atoms with Gasteiger partial charge in [0.15, 0.2) is 0 Å². The number of para-hydroxylation sites is 1. The number of carbonyl (C=O) groups is 1. The van der Waals surface area contributed by atoms with Gasteiger partial charge in [-0.25, -0.2) is 9.36 Å². The number of hydrogen-bond acceptors (Lipinski definition) is 5. The van der Waals surface area contributed by atoms with Gasteiger partial charge in [0.2, 0.25) is 5.91 Å². The summed E-state index contributed by atoms with van der Waals surface area (Å²) in [6.07, 6.45) is 3.70. The number of hydrogen-bond donors (Lipinski definition) is 1. The van der Waals surface area contributed by atoms with E-state index in [-0.39, 0.29) is 18.0 Å². The molecule has 0 saturated carbocycles. The maximum absolute atomic E-state index is 13.1. The molecule has 1 N–H and O–H groups in total. The van der Waals surface area contributed by atoms with Crippen LogP contribution in [0.4, 0.5) is 0 Å². The molecule has 0 radical (unpaired) electrons. The molecule has 0 bridgehead atoms. The van der Waals surface area contributed by atoms with E-state index in [1.54, 1.807) is 4.68 Å². The van der Waals surface area contributed by atoms with Crippen LogP contribution in [0.15, 0.2) is 35.1 Å². The molecule has 8 heteroatoms. The maximum Gasteiger partial charge on any atom is 0.278 e. The van der Waals surface area contributed by atoms with Crippen molar-refractivity contribution >= 4 is 16.8 Å². The molecule has 4 rings (SSSR count). The molecule has 8 nitrogen and oxygen atoms in total. The molecule has 1 saturated heterocycles. The van der Waals surface area contributed by atoms with E-state index in [9.17, 15) is 9.59 Å². The lowest BCUT2D eigenvalue weighted by Crippen LogP contribution is -2.43. The van der Waals surface area contributed by atoms with E-state index in [4.69, 9.17) is 0 Å². The Morgan fingerprint density at radius 3 is 2.68 bits per heavy atom. The van der Waals surface area contributed by atoms with E-state index in [0.717, 1.165) is 24.5 Å². The molecular weight excluding hydrogens is 392 g/mol. The van der Waals surface area contributed by atoms with Gasteiger partial charge in [-0.05, 0) is 52.3 Å². The van der Waals surface area contributed by atoms with Crippen LogP contribution in [0.1, 0.15) is 37.6 Å². The molecule has 2 aromatic heterocycles. The molecule has 1 aromatic carbocycles. The van der Waals surface area contributed by atoms with Crippen LogP contribution in [0.5, 0.6) is 0 Å². The first-order chi connectivity index (χ1) is 15.0. The molecule has 1 fully saturated rings. The second kappa shape index (κ2) is 9.01. The first-order valence-corrected chi connectivity index (χ1v) is 11.0. The topological polar surface area (TPSA) is 85.0 Å². The van der Waals surface area contributed by atoms with Gasteiger partial charge in [0.1, 0.15) is 12.1 Å². The number of likely N-dealkylation sites (tertiary alicyclic amines) is 1. The fourth-order valence-electron chi connectivity index (χ4n) is 4.36.